The van der Waals surface area contributed by atoms with Crippen molar-refractivity contribution in [1.82, 2.24) is 4.98 Å². The number of anilines is 1. The summed E-state index contributed by atoms with van der Waals surface area (Å²) in [7, 11) is 0. The topological polar surface area (TPSA) is 56.0 Å². The molecule has 2 N–H and O–H groups in total. The van der Waals surface area contributed by atoms with Crippen LogP contribution in [-0.2, 0) is 0 Å². The first-order chi connectivity index (χ1) is 10.6. The number of nitrogens with two attached hydrogens (primary N) is 1. The van der Waals surface area contributed by atoms with Crippen molar-refractivity contribution in [3.05, 3.63) is 70.4 Å². The summed E-state index contributed by atoms with van der Waals surface area (Å²) in [5.41, 5.74) is 12.6. The number of ketones is 1. The summed E-state index contributed by atoms with van der Waals surface area (Å²) in [5.74, 6) is -0.0387. The number of nitrogens with zero attached hydrogens (tertiary/aromatic N) is 1. The average Bonchev–Trinajstić information content (AvgIpc) is 2.93. The Kier molecular flexibility index (Phi) is 3.77. The minimum Gasteiger partial charge on any atom is -0.398 e. The van der Waals surface area contributed by atoms with E-state index in [-0.39, 0.29) is 5.78 Å². The van der Waals surface area contributed by atoms with Crippen LogP contribution in [0.5, 0.6) is 0 Å². The van der Waals surface area contributed by atoms with Gasteiger partial charge in [0.05, 0.1) is 16.1 Å². The molecule has 0 saturated heterocycles. The van der Waals surface area contributed by atoms with Gasteiger partial charge in [-0.2, -0.15) is 0 Å². The van der Waals surface area contributed by atoms with Gasteiger partial charge < -0.3 is 5.73 Å². The number of hydrogen-bond donors (Lipinski definition) is 1. The molecule has 2 aromatic carbocycles. The number of carbonyl (C=O) groups excluding carboxylic acids is 1. The predicted molar refractivity (Wildman–Crippen MR) is 91.3 cm³/mol. The summed E-state index contributed by atoms with van der Waals surface area (Å²) in [4.78, 5) is 18.0. The highest BCUT2D eigenvalue weighted by Crippen LogP contribution is 2.30. The zero-order valence-electron chi connectivity index (χ0n) is 12.5. The van der Waals surface area contributed by atoms with Crippen molar-refractivity contribution < 1.29 is 4.79 Å². The third-order valence-electron chi connectivity index (χ3n) is 3.69. The van der Waals surface area contributed by atoms with Crippen molar-refractivity contribution in [2.75, 3.05) is 5.73 Å². The molecule has 1 aromatic heterocycles. The molecule has 0 radical (unpaired) electrons. The molecule has 0 fully saturated rings. The summed E-state index contributed by atoms with van der Waals surface area (Å²) in [5, 5.41) is 0. The molecule has 0 aliphatic carbocycles. The summed E-state index contributed by atoms with van der Waals surface area (Å²) in [6.45, 7) is 3.90. The lowest BCUT2D eigenvalue weighted by atomic mass is 9.96. The molecule has 3 aromatic rings. The van der Waals surface area contributed by atoms with E-state index in [1.807, 2.05) is 55.8 Å². The Bertz CT molecular complexity index is 852. The smallest absolute Gasteiger partial charge is 0.195 e. The first kappa shape index (κ1) is 14.5. The summed E-state index contributed by atoms with van der Waals surface area (Å²) < 4.78 is 0. The molecule has 0 bridgehead atoms. The number of thiazole rings is 1. The average molecular weight is 308 g/mol. The second-order valence-corrected chi connectivity index (χ2v) is 6.07. The van der Waals surface area contributed by atoms with Gasteiger partial charge >= 0.3 is 0 Å². The van der Waals surface area contributed by atoms with Crippen LogP contribution in [0.4, 0.5) is 5.69 Å². The van der Waals surface area contributed by atoms with Gasteiger partial charge in [0.25, 0.3) is 0 Å². The molecule has 3 rings (SSSR count). The van der Waals surface area contributed by atoms with Gasteiger partial charge in [-0.05, 0) is 37.1 Å². The Balaban J connectivity index is 2.02. The van der Waals surface area contributed by atoms with E-state index in [2.05, 4.69) is 4.98 Å². The van der Waals surface area contributed by atoms with Crippen LogP contribution in [-0.4, -0.2) is 10.8 Å². The SMILES string of the molecule is Cc1ccccc1C(=O)c1ccc(-c2scnc2C)cc1N. The highest BCUT2D eigenvalue weighted by atomic mass is 32.1. The van der Waals surface area contributed by atoms with Crippen LogP contribution in [0.25, 0.3) is 10.4 Å². The Hall–Kier alpha value is -2.46. The number of hydrogen-bond acceptors (Lipinski definition) is 4. The number of aryl methyl sites for hydroxylation is 2. The van der Waals surface area contributed by atoms with Gasteiger partial charge in [-0.15, -0.1) is 11.3 Å². The van der Waals surface area contributed by atoms with Crippen molar-refractivity contribution in [2.24, 2.45) is 0 Å². The Morgan fingerprint density at radius 2 is 1.86 bits per heavy atom. The van der Waals surface area contributed by atoms with Crippen molar-refractivity contribution in [2.45, 2.75) is 13.8 Å². The molecule has 0 amide bonds. The second-order valence-electron chi connectivity index (χ2n) is 5.21. The quantitative estimate of drug-likeness (QED) is 0.581. The molecule has 0 spiro atoms. The van der Waals surface area contributed by atoms with Crippen LogP contribution >= 0.6 is 11.3 Å². The predicted octanol–water partition coefficient (Wildman–Crippen LogP) is 4.24. The maximum Gasteiger partial charge on any atom is 0.195 e. The number of rotatable bonds is 3. The molecule has 0 atom stereocenters. The molecule has 110 valence electrons. The highest BCUT2D eigenvalue weighted by molar-refractivity contribution is 7.13. The van der Waals surface area contributed by atoms with E-state index in [0.717, 1.165) is 21.7 Å². The van der Waals surface area contributed by atoms with Crippen molar-refractivity contribution in [3.8, 4) is 10.4 Å². The maximum atomic E-state index is 12.7. The van der Waals surface area contributed by atoms with Crippen LogP contribution in [0.2, 0.25) is 0 Å². The van der Waals surface area contributed by atoms with Gasteiger partial charge in [0.15, 0.2) is 5.78 Å². The lowest BCUT2D eigenvalue weighted by molar-refractivity contribution is 0.103. The van der Waals surface area contributed by atoms with E-state index in [9.17, 15) is 4.79 Å². The first-order valence-electron chi connectivity index (χ1n) is 6.98. The van der Waals surface area contributed by atoms with Crippen molar-refractivity contribution >= 4 is 22.8 Å². The molecule has 0 aliphatic rings. The zero-order valence-corrected chi connectivity index (χ0v) is 13.3. The van der Waals surface area contributed by atoms with Gasteiger partial charge in [-0.3, -0.25) is 4.79 Å². The third-order valence-corrected chi connectivity index (χ3v) is 4.67. The van der Waals surface area contributed by atoms with Gasteiger partial charge in [-0.25, -0.2) is 4.98 Å². The van der Waals surface area contributed by atoms with E-state index in [4.69, 9.17) is 5.73 Å². The van der Waals surface area contributed by atoms with E-state index in [1.165, 1.54) is 0 Å². The standard InChI is InChI=1S/C18H16N2OS/c1-11-5-3-4-6-14(11)17(21)15-8-7-13(9-16(15)19)18-12(2)20-10-22-18/h3-10H,19H2,1-2H3. The van der Waals surface area contributed by atoms with Gasteiger partial charge in [0.2, 0.25) is 0 Å². The van der Waals surface area contributed by atoms with Crippen LogP contribution in [0.3, 0.4) is 0 Å². The molecule has 22 heavy (non-hydrogen) atoms. The normalized spacial score (nSPS) is 10.6. The molecule has 0 saturated carbocycles. The molecular weight excluding hydrogens is 292 g/mol. The fourth-order valence-corrected chi connectivity index (χ4v) is 3.26. The minimum atomic E-state index is -0.0387. The lowest BCUT2D eigenvalue weighted by Crippen LogP contribution is -2.07. The first-order valence-corrected chi connectivity index (χ1v) is 7.86. The second kappa shape index (κ2) is 5.73. The molecule has 3 nitrogen and oxygen atoms in total. The minimum absolute atomic E-state index is 0.0387. The summed E-state index contributed by atoms with van der Waals surface area (Å²) in [6, 6.07) is 13.1. The van der Waals surface area contributed by atoms with Gasteiger partial charge in [-0.1, -0.05) is 30.3 Å². The number of carbonyl (C=O) groups is 1. The largest absolute Gasteiger partial charge is 0.398 e. The summed E-state index contributed by atoms with van der Waals surface area (Å²) >= 11 is 1.57. The van der Waals surface area contributed by atoms with Crippen LogP contribution in [0, 0.1) is 13.8 Å². The number of benzene rings is 2. The van der Waals surface area contributed by atoms with E-state index >= 15 is 0 Å². The summed E-state index contributed by atoms with van der Waals surface area (Å²) in [6.07, 6.45) is 0. The molecule has 4 heteroatoms. The van der Waals surface area contributed by atoms with Crippen LogP contribution in [0.1, 0.15) is 27.2 Å². The third kappa shape index (κ3) is 2.53. The molecule has 0 unspecified atom stereocenters. The van der Waals surface area contributed by atoms with E-state index < -0.39 is 0 Å². The van der Waals surface area contributed by atoms with Crippen LogP contribution in [0.15, 0.2) is 48.0 Å². The molecule has 0 aliphatic heterocycles. The number of nitrogen functional groups attached to an aromatic ring is 1. The Morgan fingerprint density at radius 3 is 2.50 bits per heavy atom. The fourth-order valence-electron chi connectivity index (χ4n) is 2.46. The van der Waals surface area contributed by atoms with E-state index in [0.29, 0.717) is 16.8 Å². The van der Waals surface area contributed by atoms with Crippen LogP contribution < -0.4 is 5.73 Å². The Morgan fingerprint density at radius 1 is 1.09 bits per heavy atom. The van der Waals surface area contributed by atoms with E-state index in [1.54, 1.807) is 17.4 Å². The molecule has 1 heterocycles. The lowest BCUT2D eigenvalue weighted by Gasteiger charge is -2.09. The number of aromatic nitrogens is 1. The van der Waals surface area contributed by atoms with Gasteiger partial charge in [0.1, 0.15) is 0 Å². The fraction of sp³-hybridized carbons (Fsp3) is 0.111. The van der Waals surface area contributed by atoms with Crippen molar-refractivity contribution in [1.29, 1.82) is 0 Å². The van der Waals surface area contributed by atoms with Gasteiger partial charge in [0, 0.05) is 16.8 Å². The Labute approximate surface area is 133 Å². The monoisotopic (exact) mass is 308 g/mol. The molecular formula is C18H16N2OS. The van der Waals surface area contributed by atoms with Crippen molar-refractivity contribution in [3.63, 3.8) is 0 Å². The zero-order chi connectivity index (χ0) is 15.7. The maximum absolute atomic E-state index is 12.7. The highest BCUT2D eigenvalue weighted by Gasteiger charge is 2.15.